The molecule has 2 heterocycles. The third kappa shape index (κ3) is 4.15. The van der Waals surface area contributed by atoms with Crippen molar-refractivity contribution in [3.63, 3.8) is 0 Å². The van der Waals surface area contributed by atoms with E-state index in [-0.39, 0.29) is 0 Å². The van der Waals surface area contributed by atoms with Gasteiger partial charge in [-0.25, -0.2) is 0 Å². The van der Waals surface area contributed by atoms with Crippen molar-refractivity contribution in [2.45, 2.75) is 19.9 Å². The van der Waals surface area contributed by atoms with Gasteiger partial charge in [0.1, 0.15) is 0 Å². The molecule has 0 atom stereocenters. The van der Waals surface area contributed by atoms with Gasteiger partial charge in [0.05, 0.1) is 17.3 Å². The number of hydrogen-bond acceptors (Lipinski definition) is 5. The van der Waals surface area contributed by atoms with E-state index in [4.69, 9.17) is 16.1 Å². The molecule has 4 rings (SSSR count). The molecule has 0 spiro atoms. The lowest BCUT2D eigenvalue weighted by molar-refractivity contribution is 0.215. The normalized spacial score (nSPS) is 15.3. The van der Waals surface area contributed by atoms with Crippen LogP contribution in [0.15, 0.2) is 53.1 Å². The number of rotatable bonds is 5. The molecule has 3 aromatic rings. The number of hydrogen-bond donors (Lipinski definition) is 0. The minimum Gasteiger partial charge on any atom is -0.368 e. The van der Waals surface area contributed by atoms with Gasteiger partial charge in [-0.3, -0.25) is 4.90 Å². The zero-order chi connectivity index (χ0) is 18.6. The zero-order valence-corrected chi connectivity index (χ0v) is 16.2. The summed E-state index contributed by atoms with van der Waals surface area (Å²) in [6.45, 7) is 6.57. The van der Waals surface area contributed by atoms with E-state index < -0.39 is 0 Å². The lowest BCUT2D eigenvalue weighted by atomic mass is 10.1. The lowest BCUT2D eigenvalue weighted by Gasteiger charge is -2.35. The Morgan fingerprint density at radius 3 is 2.44 bits per heavy atom. The molecule has 0 unspecified atom stereocenters. The first-order valence-electron chi connectivity index (χ1n) is 9.36. The average Bonchev–Trinajstić information content (AvgIpc) is 3.18. The highest BCUT2D eigenvalue weighted by Gasteiger charge is 2.20. The van der Waals surface area contributed by atoms with Gasteiger partial charge in [0.25, 0.3) is 0 Å². The molecule has 1 saturated heterocycles. The molecule has 27 heavy (non-hydrogen) atoms. The van der Waals surface area contributed by atoms with E-state index in [2.05, 4.69) is 57.2 Å². The van der Waals surface area contributed by atoms with Crippen molar-refractivity contribution in [2.75, 3.05) is 31.1 Å². The molecule has 1 aromatic heterocycles. The van der Waals surface area contributed by atoms with E-state index >= 15 is 0 Å². The monoisotopic (exact) mass is 382 g/mol. The maximum Gasteiger partial charge on any atom is 0.241 e. The van der Waals surface area contributed by atoms with E-state index in [1.165, 1.54) is 5.56 Å². The van der Waals surface area contributed by atoms with E-state index in [9.17, 15) is 0 Å². The molecule has 0 radical (unpaired) electrons. The van der Waals surface area contributed by atoms with Gasteiger partial charge in [-0.05, 0) is 24.1 Å². The SMILES string of the molecule is CCc1ccc(-c2noc(CN3CCN(c4ccccc4Cl)CC3)n2)cc1. The minimum atomic E-state index is 0.655. The Bertz CT molecular complexity index is 885. The van der Waals surface area contributed by atoms with Crippen molar-refractivity contribution in [3.8, 4) is 11.4 Å². The van der Waals surface area contributed by atoms with Crippen molar-refractivity contribution in [1.29, 1.82) is 0 Å². The summed E-state index contributed by atoms with van der Waals surface area (Å²) in [5.41, 5.74) is 3.40. The number of nitrogens with zero attached hydrogens (tertiary/aromatic N) is 4. The van der Waals surface area contributed by atoms with Gasteiger partial charge in [-0.2, -0.15) is 4.98 Å². The fourth-order valence-electron chi connectivity index (χ4n) is 3.37. The Morgan fingerprint density at radius 2 is 1.74 bits per heavy atom. The van der Waals surface area contributed by atoms with Crippen LogP contribution in [0.25, 0.3) is 11.4 Å². The number of aryl methyl sites for hydroxylation is 1. The van der Waals surface area contributed by atoms with Crippen molar-refractivity contribution in [1.82, 2.24) is 15.0 Å². The second-order valence-electron chi connectivity index (χ2n) is 6.78. The Morgan fingerprint density at radius 1 is 1.00 bits per heavy atom. The quantitative estimate of drug-likeness (QED) is 0.659. The summed E-state index contributed by atoms with van der Waals surface area (Å²) in [6, 6.07) is 16.3. The fourth-order valence-corrected chi connectivity index (χ4v) is 3.63. The summed E-state index contributed by atoms with van der Waals surface area (Å²) in [4.78, 5) is 9.23. The Kier molecular flexibility index (Phi) is 5.41. The first kappa shape index (κ1) is 18.0. The molecule has 1 fully saturated rings. The molecule has 0 bridgehead atoms. The summed E-state index contributed by atoms with van der Waals surface area (Å²) >= 11 is 6.32. The predicted molar refractivity (Wildman–Crippen MR) is 108 cm³/mol. The largest absolute Gasteiger partial charge is 0.368 e. The van der Waals surface area contributed by atoms with Crippen LogP contribution in [-0.4, -0.2) is 41.2 Å². The number of benzene rings is 2. The van der Waals surface area contributed by atoms with Gasteiger partial charge in [-0.1, -0.05) is 60.1 Å². The minimum absolute atomic E-state index is 0.655. The Labute approximate surface area is 164 Å². The van der Waals surface area contributed by atoms with Gasteiger partial charge in [0.2, 0.25) is 11.7 Å². The summed E-state index contributed by atoms with van der Waals surface area (Å²) in [7, 11) is 0. The van der Waals surface area contributed by atoms with Crippen molar-refractivity contribution in [3.05, 3.63) is 65.0 Å². The molecule has 0 amide bonds. The molecule has 0 aliphatic carbocycles. The van der Waals surface area contributed by atoms with E-state index in [1.807, 2.05) is 18.2 Å². The molecule has 2 aromatic carbocycles. The average molecular weight is 383 g/mol. The molecular formula is C21H23ClN4O. The van der Waals surface area contributed by atoms with Crippen LogP contribution in [0.5, 0.6) is 0 Å². The van der Waals surface area contributed by atoms with Gasteiger partial charge >= 0.3 is 0 Å². The van der Waals surface area contributed by atoms with Crippen molar-refractivity contribution >= 4 is 17.3 Å². The molecule has 0 saturated carbocycles. The number of para-hydroxylation sites is 1. The van der Waals surface area contributed by atoms with Crippen LogP contribution < -0.4 is 4.90 Å². The molecule has 1 aliphatic heterocycles. The van der Waals surface area contributed by atoms with Gasteiger partial charge in [0.15, 0.2) is 0 Å². The smallest absolute Gasteiger partial charge is 0.241 e. The van der Waals surface area contributed by atoms with Crippen LogP contribution in [0.1, 0.15) is 18.4 Å². The summed E-state index contributed by atoms with van der Waals surface area (Å²) in [6.07, 6.45) is 1.03. The number of anilines is 1. The molecule has 0 N–H and O–H groups in total. The second kappa shape index (κ2) is 8.11. The highest BCUT2D eigenvalue weighted by atomic mass is 35.5. The standard InChI is InChI=1S/C21H23ClN4O/c1-2-16-7-9-17(10-8-16)21-23-20(27-24-21)15-25-11-13-26(14-12-25)19-6-4-3-5-18(19)22/h3-10H,2,11-15H2,1H3. The Balaban J connectivity index is 1.35. The summed E-state index contributed by atoms with van der Waals surface area (Å²) in [5, 5.41) is 4.95. The topological polar surface area (TPSA) is 45.4 Å². The van der Waals surface area contributed by atoms with Crippen LogP contribution in [0.2, 0.25) is 5.02 Å². The summed E-state index contributed by atoms with van der Waals surface area (Å²) in [5.74, 6) is 1.32. The first-order chi connectivity index (χ1) is 13.2. The molecule has 1 aliphatic rings. The molecule has 5 nitrogen and oxygen atoms in total. The number of halogens is 1. The van der Waals surface area contributed by atoms with E-state index in [0.29, 0.717) is 18.3 Å². The number of aromatic nitrogens is 2. The third-order valence-corrected chi connectivity index (χ3v) is 5.33. The number of piperazine rings is 1. The lowest BCUT2D eigenvalue weighted by Crippen LogP contribution is -2.46. The van der Waals surface area contributed by atoms with E-state index in [0.717, 1.165) is 48.9 Å². The maximum atomic E-state index is 6.32. The fraction of sp³-hybridized carbons (Fsp3) is 0.333. The summed E-state index contributed by atoms with van der Waals surface area (Å²) < 4.78 is 5.47. The van der Waals surface area contributed by atoms with Crippen LogP contribution in [0.4, 0.5) is 5.69 Å². The first-order valence-corrected chi connectivity index (χ1v) is 9.74. The van der Waals surface area contributed by atoms with Crippen LogP contribution in [0, 0.1) is 0 Å². The zero-order valence-electron chi connectivity index (χ0n) is 15.4. The molecular weight excluding hydrogens is 360 g/mol. The van der Waals surface area contributed by atoms with Crippen LogP contribution in [0.3, 0.4) is 0 Å². The Hall–Kier alpha value is -2.37. The maximum absolute atomic E-state index is 6.32. The molecule has 6 heteroatoms. The highest BCUT2D eigenvalue weighted by molar-refractivity contribution is 6.33. The molecule has 140 valence electrons. The predicted octanol–water partition coefficient (Wildman–Crippen LogP) is 4.27. The van der Waals surface area contributed by atoms with Crippen LogP contribution in [-0.2, 0) is 13.0 Å². The van der Waals surface area contributed by atoms with Crippen molar-refractivity contribution in [2.24, 2.45) is 0 Å². The second-order valence-corrected chi connectivity index (χ2v) is 7.18. The van der Waals surface area contributed by atoms with Gasteiger partial charge in [0, 0.05) is 31.7 Å². The van der Waals surface area contributed by atoms with Gasteiger partial charge in [-0.15, -0.1) is 0 Å². The van der Waals surface area contributed by atoms with Gasteiger partial charge < -0.3 is 9.42 Å². The van der Waals surface area contributed by atoms with E-state index in [1.54, 1.807) is 0 Å². The highest BCUT2D eigenvalue weighted by Crippen LogP contribution is 2.26. The third-order valence-electron chi connectivity index (χ3n) is 5.01. The van der Waals surface area contributed by atoms with Crippen molar-refractivity contribution < 1.29 is 4.52 Å². The van der Waals surface area contributed by atoms with Crippen LogP contribution >= 0.6 is 11.6 Å².